The quantitative estimate of drug-likeness (QED) is 0.851. The molecule has 0 fully saturated rings. The van der Waals surface area contributed by atoms with E-state index in [0.29, 0.717) is 27.5 Å². The number of nitrogens with zero attached hydrogens (tertiary/aromatic N) is 2. The van der Waals surface area contributed by atoms with Gasteiger partial charge >= 0.3 is 0 Å². The number of carbonyl (C=O) groups is 1. The number of rotatable bonds is 4. The van der Waals surface area contributed by atoms with Gasteiger partial charge in [0.2, 0.25) is 0 Å². The van der Waals surface area contributed by atoms with Crippen LogP contribution < -0.4 is 11.1 Å². The van der Waals surface area contributed by atoms with E-state index in [9.17, 15) is 4.79 Å². The number of anilines is 1. The Morgan fingerprint density at radius 2 is 2.19 bits per heavy atom. The average Bonchev–Trinajstić information content (AvgIpc) is 2.86. The summed E-state index contributed by atoms with van der Waals surface area (Å²) in [5.74, 6) is -0.131. The summed E-state index contributed by atoms with van der Waals surface area (Å²) in [5.41, 5.74) is 8.48. The lowest BCUT2D eigenvalue weighted by Gasteiger charge is -2.12. The molecular weight excluding hydrogens is 284 g/mol. The third-order valence-electron chi connectivity index (χ3n) is 3.69. The fraction of sp³-hybridized carbons (Fsp3) is 0.400. The first kappa shape index (κ1) is 14.0. The van der Waals surface area contributed by atoms with E-state index in [2.05, 4.69) is 21.4 Å². The van der Waals surface area contributed by atoms with E-state index >= 15 is 0 Å². The van der Waals surface area contributed by atoms with Crippen LogP contribution in [0.5, 0.6) is 0 Å². The maximum absolute atomic E-state index is 12.2. The Morgan fingerprint density at radius 3 is 2.95 bits per heavy atom. The number of amides is 1. The van der Waals surface area contributed by atoms with Crippen molar-refractivity contribution in [2.45, 2.75) is 32.1 Å². The number of aromatic nitrogens is 2. The van der Waals surface area contributed by atoms with Crippen molar-refractivity contribution < 1.29 is 4.79 Å². The number of hydrogen-bond donors (Lipinski definition) is 2. The molecular formula is C15H18N4OS. The van der Waals surface area contributed by atoms with E-state index < -0.39 is 0 Å². The second-order valence-corrected chi connectivity index (χ2v) is 6.17. The van der Waals surface area contributed by atoms with Crippen LogP contribution in [0.15, 0.2) is 24.0 Å². The zero-order valence-electron chi connectivity index (χ0n) is 11.8. The largest absolute Gasteiger partial charge is 0.396 e. The molecule has 0 saturated carbocycles. The van der Waals surface area contributed by atoms with Crippen molar-refractivity contribution in [1.82, 2.24) is 15.3 Å². The molecule has 3 N–H and O–H groups in total. The summed E-state index contributed by atoms with van der Waals surface area (Å²) < 4.78 is 0. The Bertz CT molecular complexity index is 692. The Morgan fingerprint density at radius 1 is 1.33 bits per heavy atom. The second kappa shape index (κ2) is 6.22. The van der Waals surface area contributed by atoms with Gasteiger partial charge in [-0.05, 0) is 32.1 Å². The summed E-state index contributed by atoms with van der Waals surface area (Å²) in [4.78, 5) is 21.8. The van der Waals surface area contributed by atoms with Crippen LogP contribution in [0.2, 0.25) is 0 Å². The van der Waals surface area contributed by atoms with Crippen LogP contribution in [0, 0.1) is 0 Å². The molecule has 0 aliphatic heterocycles. The molecule has 0 aromatic carbocycles. The van der Waals surface area contributed by atoms with Gasteiger partial charge < -0.3 is 11.1 Å². The van der Waals surface area contributed by atoms with Gasteiger partial charge in [0.15, 0.2) is 0 Å². The van der Waals surface area contributed by atoms with Gasteiger partial charge in [-0.3, -0.25) is 4.79 Å². The number of nitrogens with one attached hydrogen (secondary N) is 1. The molecule has 0 atom stereocenters. The predicted octanol–water partition coefficient (Wildman–Crippen LogP) is 2.89. The lowest BCUT2D eigenvalue weighted by molar-refractivity contribution is 0.0959. The summed E-state index contributed by atoms with van der Waals surface area (Å²) >= 11 is 1.29. The minimum atomic E-state index is -0.131. The van der Waals surface area contributed by atoms with Crippen molar-refractivity contribution in [3.8, 4) is 0 Å². The molecule has 1 amide bonds. The molecule has 0 bridgehead atoms. The van der Waals surface area contributed by atoms with E-state index in [4.69, 9.17) is 5.73 Å². The minimum absolute atomic E-state index is 0.131. The van der Waals surface area contributed by atoms with E-state index in [1.165, 1.54) is 36.2 Å². The SMILES string of the molecule is Nc1c(C(=O)NCCC2=CCCCC2)sc2nccnc12. The number of nitrogen functional groups attached to an aromatic ring is 1. The van der Waals surface area contributed by atoms with Crippen LogP contribution in [-0.2, 0) is 0 Å². The highest BCUT2D eigenvalue weighted by molar-refractivity contribution is 7.21. The molecule has 2 heterocycles. The van der Waals surface area contributed by atoms with Crippen LogP contribution in [0.3, 0.4) is 0 Å². The first-order valence-corrected chi connectivity index (χ1v) is 8.02. The van der Waals surface area contributed by atoms with Crippen LogP contribution in [-0.4, -0.2) is 22.4 Å². The monoisotopic (exact) mass is 302 g/mol. The first-order valence-electron chi connectivity index (χ1n) is 7.21. The van der Waals surface area contributed by atoms with Gasteiger partial charge in [-0.15, -0.1) is 11.3 Å². The zero-order valence-corrected chi connectivity index (χ0v) is 12.6. The molecule has 0 radical (unpaired) electrons. The normalized spacial score (nSPS) is 15.0. The van der Waals surface area contributed by atoms with Gasteiger partial charge in [-0.2, -0.15) is 0 Å². The highest BCUT2D eigenvalue weighted by atomic mass is 32.1. The number of carbonyl (C=O) groups excluding carboxylic acids is 1. The van der Waals surface area contributed by atoms with Gasteiger partial charge in [0, 0.05) is 18.9 Å². The average molecular weight is 302 g/mol. The maximum atomic E-state index is 12.2. The van der Waals surface area contributed by atoms with E-state index in [0.717, 1.165) is 12.8 Å². The standard InChI is InChI=1S/C15H18N4OS/c16-11-12-15(19-9-8-17-12)21-13(11)14(20)18-7-6-10-4-2-1-3-5-10/h4,8-9H,1-3,5-7,16H2,(H,18,20). The van der Waals surface area contributed by atoms with Crippen LogP contribution in [0.25, 0.3) is 10.3 Å². The van der Waals surface area contributed by atoms with Gasteiger partial charge in [0.1, 0.15) is 15.2 Å². The number of hydrogen-bond acceptors (Lipinski definition) is 5. The Labute approximate surface area is 127 Å². The third-order valence-corrected chi connectivity index (χ3v) is 4.79. The molecule has 21 heavy (non-hydrogen) atoms. The van der Waals surface area contributed by atoms with E-state index in [1.54, 1.807) is 12.4 Å². The smallest absolute Gasteiger partial charge is 0.263 e. The molecule has 0 saturated heterocycles. The van der Waals surface area contributed by atoms with E-state index in [1.807, 2.05) is 0 Å². The molecule has 0 spiro atoms. The summed E-state index contributed by atoms with van der Waals surface area (Å²) in [7, 11) is 0. The fourth-order valence-corrected chi connectivity index (χ4v) is 3.50. The summed E-state index contributed by atoms with van der Waals surface area (Å²) in [6, 6.07) is 0. The van der Waals surface area contributed by atoms with Crippen LogP contribution in [0.1, 0.15) is 41.8 Å². The van der Waals surface area contributed by atoms with Gasteiger partial charge in [0.05, 0.1) is 5.69 Å². The number of fused-ring (bicyclic) bond motifs is 1. The van der Waals surface area contributed by atoms with Crippen molar-refractivity contribution in [1.29, 1.82) is 0 Å². The number of thiophene rings is 1. The van der Waals surface area contributed by atoms with Gasteiger partial charge in [-0.25, -0.2) is 9.97 Å². The predicted molar refractivity (Wildman–Crippen MR) is 85.3 cm³/mol. The molecule has 2 aromatic heterocycles. The maximum Gasteiger partial charge on any atom is 0.263 e. The summed E-state index contributed by atoms with van der Waals surface area (Å²) in [6.45, 7) is 0.652. The molecule has 6 heteroatoms. The van der Waals surface area contributed by atoms with Crippen LogP contribution >= 0.6 is 11.3 Å². The Balaban J connectivity index is 1.64. The lowest BCUT2D eigenvalue weighted by Crippen LogP contribution is -2.24. The summed E-state index contributed by atoms with van der Waals surface area (Å²) in [5, 5.41) is 2.94. The number of nitrogens with two attached hydrogens (primary N) is 1. The topological polar surface area (TPSA) is 80.9 Å². The molecule has 110 valence electrons. The molecule has 1 aliphatic carbocycles. The third kappa shape index (κ3) is 3.05. The van der Waals surface area contributed by atoms with E-state index in [-0.39, 0.29) is 5.91 Å². The summed E-state index contributed by atoms with van der Waals surface area (Å²) in [6.07, 6.45) is 11.3. The van der Waals surface area contributed by atoms with Gasteiger partial charge in [0.25, 0.3) is 5.91 Å². The van der Waals surface area contributed by atoms with Gasteiger partial charge in [-0.1, -0.05) is 11.6 Å². The van der Waals surface area contributed by atoms with Crippen molar-refractivity contribution in [2.75, 3.05) is 12.3 Å². The fourth-order valence-electron chi connectivity index (χ4n) is 2.56. The van der Waals surface area contributed by atoms with Crippen molar-refractivity contribution in [3.05, 3.63) is 28.9 Å². The van der Waals surface area contributed by atoms with Crippen LogP contribution in [0.4, 0.5) is 5.69 Å². The highest BCUT2D eigenvalue weighted by Gasteiger charge is 2.17. The zero-order chi connectivity index (χ0) is 14.7. The second-order valence-electron chi connectivity index (χ2n) is 5.17. The Hall–Kier alpha value is -1.95. The minimum Gasteiger partial charge on any atom is -0.396 e. The molecule has 3 rings (SSSR count). The van der Waals surface area contributed by atoms with Crippen molar-refractivity contribution in [3.63, 3.8) is 0 Å². The first-order chi connectivity index (χ1) is 10.3. The van der Waals surface area contributed by atoms with Crippen molar-refractivity contribution >= 4 is 33.3 Å². The number of allylic oxidation sites excluding steroid dienone is 1. The molecule has 2 aromatic rings. The Kier molecular flexibility index (Phi) is 4.15. The molecule has 1 aliphatic rings. The molecule has 5 nitrogen and oxygen atoms in total. The van der Waals surface area contributed by atoms with Crippen molar-refractivity contribution in [2.24, 2.45) is 0 Å². The lowest BCUT2D eigenvalue weighted by atomic mass is 9.97. The molecule has 0 unspecified atom stereocenters. The highest BCUT2D eigenvalue weighted by Crippen LogP contribution is 2.30.